The number of imide groups is 2. The van der Waals surface area contributed by atoms with Crippen LogP contribution in [0.25, 0.3) is 22.9 Å². The molecule has 4 aromatic carbocycles. The molecule has 0 saturated heterocycles. The molecule has 0 N–H and O–H groups in total. The van der Waals surface area contributed by atoms with E-state index in [-0.39, 0.29) is 45.0 Å². The molecule has 0 radical (unpaired) electrons. The van der Waals surface area contributed by atoms with E-state index in [4.69, 9.17) is 4.42 Å². The van der Waals surface area contributed by atoms with Crippen LogP contribution in [-0.2, 0) is 5.41 Å². The molecule has 4 amide bonds. The predicted octanol–water partition coefficient (Wildman–Crippen LogP) is 7.22. The summed E-state index contributed by atoms with van der Waals surface area (Å²) in [6, 6.07) is 17.5. The highest BCUT2D eigenvalue weighted by Gasteiger charge is 2.55. The summed E-state index contributed by atoms with van der Waals surface area (Å²) in [6.07, 6.45) is -4.89. The third kappa shape index (κ3) is 4.69. The van der Waals surface area contributed by atoms with Crippen molar-refractivity contribution in [1.29, 1.82) is 0 Å². The molecule has 1 atom stereocenters. The zero-order chi connectivity index (χ0) is 35.2. The summed E-state index contributed by atoms with van der Waals surface area (Å²) in [7, 11) is 1.26. The molecule has 0 fully saturated rings. The molecule has 1 unspecified atom stereocenters. The van der Waals surface area contributed by atoms with Gasteiger partial charge in [0.05, 0.1) is 27.9 Å². The molecular weight excluding hydrogens is 637 g/mol. The summed E-state index contributed by atoms with van der Waals surface area (Å²) >= 11 is 0. The highest BCUT2D eigenvalue weighted by Crippen LogP contribution is 2.48. The number of nitrogens with zero attached hydrogens (tertiary/aromatic N) is 4. The first-order valence-electron chi connectivity index (χ1n) is 15.2. The summed E-state index contributed by atoms with van der Waals surface area (Å²) in [5, 5.41) is 8.32. The van der Waals surface area contributed by atoms with Crippen molar-refractivity contribution in [3.05, 3.63) is 123 Å². The van der Waals surface area contributed by atoms with E-state index in [1.165, 1.54) is 19.2 Å². The van der Waals surface area contributed by atoms with Gasteiger partial charge in [-0.15, -0.1) is 10.2 Å². The zero-order valence-corrected chi connectivity index (χ0v) is 26.9. The van der Waals surface area contributed by atoms with Gasteiger partial charge in [-0.1, -0.05) is 18.2 Å². The van der Waals surface area contributed by atoms with E-state index in [0.717, 1.165) is 57.7 Å². The lowest BCUT2D eigenvalue weighted by molar-refractivity contribution is -0.173. The number of rotatable bonds is 5. The normalized spacial score (nSPS) is 15.6. The largest absolute Gasteiger partial charge is 0.416 e. The summed E-state index contributed by atoms with van der Waals surface area (Å²) in [5.74, 6) is -2.23. The topological polar surface area (TPSA) is 114 Å². The van der Waals surface area contributed by atoms with Crippen LogP contribution in [0.4, 0.5) is 18.9 Å². The smallest absolute Gasteiger partial charge is 0.402 e. The van der Waals surface area contributed by atoms with Crippen LogP contribution < -0.4 is 4.90 Å². The molecule has 0 aliphatic carbocycles. The quantitative estimate of drug-likeness (QED) is 0.182. The van der Waals surface area contributed by atoms with Crippen LogP contribution in [0.2, 0.25) is 0 Å². The van der Waals surface area contributed by atoms with Crippen molar-refractivity contribution in [2.24, 2.45) is 0 Å². The standard InChI is InChI=1S/C37H27F3N4O5/c1-18-6-7-21(14-19(18)2)30-41-42-31(49-30)22-8-13-29(20(3)15-22)44-34(47)26-12-10-24(17-28(26)35(44)48)36(4,37(38,39)40)23-9-11-25-27(16-23)33(46)43(5)32(25)45/h6-17H,1-5H3. The molecule has 0 spiro atoms. The predicted molar refractivity (Wildman–Crippen MR) is 172 cm³/mol. The number of amides is 4. The van der Waals surface area contributed by atoms with Gasteiger partial charge in [-0.25, -0.2) is 4.90 Å². The Kier molecular flexibility index (Phi) is 6.99. The molecular formula is C37H27F3N4O5. The van der Waals surface area contributed by atoms with Crippen molar-refractivity contribution in [1.82, 2.24) is 15.1 Å². The molecule has 49 heavy (non-hydrogen) atoms. The summed E-state index contributed by atoms with van der Waals surface area (Å²) < 4.78 is 50.8. The number of fused-ring (bicyclic) bond motifs is 2. The minimum atomic E-state index is -4.89. The summed E-state index contributed by atoms with van der Waals surface area (Å²) in [6.45, 7) is 6.60. The Morgan fingerprint density at radius 2 is 1.08 bits per heavy atom. The van der Waals surface area contributed by atoms with Gasteiger partial charge in [0.1, 0.15) is 5.41 Å². The third-order valence-corrected chi connectivity index (χ3v) is 9.56. The number of alkyl halides is 3. The summed E-state index contributed by atoms with van der Waals surface area (Å²) in [4.78, 5) is 54.1. The molecule has 246 valence electrons. The van der Waals surface area contributed by atoms with E-state index in [1.54, 1.807) is 25.1 Å². The van der Waals surface area contributed by atoms with Crippen LogP contribution in [0.3, 0.4) is 0 Å². The average Bonchev–Trinajstić information content (AvgIpc) is 3.72. The highest BCUT2D eigenvalue weighted by atomic mass is 19.4. The van der Waals surface area contributed by atoms with Gasteiger partial charge in [0.15, 0.2) is 0 Å². The third-order valence-electron chi connectivity index (χ3n) is 9.56. The minimum absolute atomic E-state index is 0.00779. The number of anilines is 1. The maximum atomic E-state index is 15.0. The van der Waals surface area contributed by atoms with Gasteiger partial charge in [0.2, 0.25) is 11.8 Å². The average molecular weight is 665 g/mol. The van der Waals surface area contributed by atoms with Crippen LogP contribution in [0.15, 0.2) is 77.2 Å². The Hall–Kier alpha value is -5.91. The van der Waals surface area contributed by atoms with Crippen LogP contribution >= 0.6 is 0 Å². The van der Waals surface area contributed by atoms with Gasteiger partial charge < -0.3 is 4.42 Å². The highest BCUT2D eigenvalue weighted by molar-refractivity contribution is 6.34. The molecule has 0 saturated carbocycles. The number of carbonyl (C=O) groups excluding carboxylic acids is 4. The summed E-state index contributed by atoms with van der Waals surface area (Å²) in [5.41, 5.74) is 0.582. The maximum Gasteiger partial charge on any atom is 0.402 e. The first-order chi connectivity index (χ1) is 23.1. The Balaban J connectivity index is 1.22. The first-order valence-corrected chi connectivity index (χ1v) is 15.2. The van der Waals surface area contributed by atoms with Gasteiger partial charge in [-0.05, 0) is 110 Å². The van der Waals surface area contributed by atoms with Crippen molar-refractivity contribution in [2.45, 2.75) is 39.3 Å². The second kappa shape index (κ2) is 10.8. The van der Waals surface area contributed by atoms with Gasteiger partial charge >= 0.3 is 6.18 Å². The Bertz CT molecular complexity index is 2290. The minimum Gasteiger partial charge on any atom is -0.416 e. The van der Waals surface area contributed by atoms with Crippen molar-refractivity contribution in [2.75, 3.05) is 11.9 Å². The van der Waals surface area contributed by atoms with Crippen LogP contribution in [0.5, 0.6) is 0 Å². The number of benzene rings is 4. The fourth-order valence-electron chi connectivity index (χ4n) is 6.31. The SMILES string of the molecule is Cc1ccc(-c2nnc(-c3ccc(N4C(=O)c5ccc(C(C)(c6ccc7c(c6)C(=O)N(C)C7=O)C(F)(F)F)cc5C4=O)c(C)c3)o2)cc1C. The van der Waals surface area contributed by atoms with E-state index in [1.807, 2.05) is 32.0 Å². The molecule has 7 rings (SSSR count). The molecule has 1 aromatic heterocycles. The second-order valence-electron chi connectivity index (χ2n) is 12.5. The lowest BCUT2D eigenvalue weighted by atomic mass is 9.74. The van der Waals surface area contributed by atoms with Crippen molar-refractivity contribution in [3.8, 4) is 22.9 Å². The van der Waals surface area contributed by atoms with E-state index in [0.29, 0.717) is 17.0 Å². The molecule has 9 nitrogen and oxygen atoms in total. The van der Waals surface area contributed by atoms with Gasteiger partial charge in [-0.3, -0.25) is 24.1 Å². The van der Waals surface area contributed by atoms with Crippen molar-refractivity contribution in [3.63, 3.8) is 0 Å². The van der Waals surface area contributed by atoms with Crippen LogP contribution in [-0.4, -0.2) is 51.9 Å². The fourth-order valence-corrected chi connectivity index (χ4v) is 6.31. The number of aryl methyl sites for hydroxylation is 3. The molecule has 12 heteroatoms. The lowest BCUT2D eigenvalue weighted by Gasteiger charge is -2.33. The second-order valence-corrected chi connectivity index (χ2v) is 12.5. The lowest BCUT2D eigenvalue weighted by Crippen LogP contribution is -2.41. The van der Waals surface area contributed by atoms with Gasteiger partial charge in [0, 0.05) is 18.2 Å². The van der Waals surface area contributed by atoms with E-state index >= 15 is 0 Å². The maximum absolute atomic E-state index is 15.0. The molecule has 2 aliphatic rings. The van der Waals surface area contributed by atoms with Gasteiger partial charge in [0.25, 0.3) is 23.6 Å². The number of hydrogen-bond donors (Lipinski definition) is 0. The number of aromatic nitrogens is 2. The molecule has 5 aromatic rings. The fraction of sp³-hybridized carbons (Fsp3) is 0.189. The van der Waals surface area contributed by atoms with Crippen molar-refractivity contribution < 1.29 is 36.8 Å². The number of carbonyl (C=O) groups is 4. The molecule has 2 aliphatic heterocycles. The zero-order valence-electron chi connectivity index (χ0n) is 26.9. The molecule has 3 heterocycles. The first kappa shape index (κ1) is 31.7. The Morgan fingerprint density at radius 3 is 1.63 bits per heavy atom. The Morgan fingerprint density at radius 1 is 0.592 bits per heavy atom. The van der Waals surface area contributed by atoms with Gasteiger partial charge in [-0.2, -0.15) is 13.2 Å². The monoisotopic (exact) mass is 664 g/mol. The number of halogens is 3. The Labute approximate surface area is 278 Å². The van der Waals surface area contributed by atoms with Crippen LogP contribution in [0.1, 0.15) is 76.2 Å². The van der Waals surface area contributed by atoms with E-state index < -0.39 is 35.2 Å². The molecule has 0 bridgehead atoms. The van der Waals surface area contributed by atoms with E-state index in [2.05, 4.69) is 10.2 Å². The number of hydrogen-bond acceptors (Lipinski definition) is 7. The van der Waals surface area contributed by atoms with Crippen LogP contribution in [0, 0.1) is 20.8 Å². The van der Waals surface area contributed by atoms with E-state index in [9.17, 15) is 32.3 Å². The van der Waals surface area contributed by atoms with Crippen molar-refractivity contribution >= 4 is 29.3 Å².